The molecule has 0 fully saturated rings. The molecule has 3 aromatic rings. The Balaban J connectivity index is 1.58. The molecule has 1 aliphatic rings. The van der Waals surface area contributed by atoms with Crippen LogP contribution in [0.4, 0.5) is 0 Å². The average Bonchev–Trinajstić information content (AvgIpc) is 3.15. The van der Waals surface area contributed by atoms with Crippen molar-refractivity contribution in [2.24, 2.45) is 5.41 Å². The summed E-state index contributed by atoms with van der Waals surface area (Å²) in [6.07, 6.45) is 9.87. The minimum absolute atomic E-state index is 0.189. The van der Waals surface area contributed by atoms with E-state index < -0.39 is 0 Å². The van der Waals surface area contributed by atoms with Crippen LogP contribution in [0.5, 0.6) is 5.75 Å². The number of hydrogen-bond donors (Lipinski definition) is 1. The molecule has 4 rings (SSSR count). The lowest BCUT2D eigenvalue weighted by atomic mass is 9.74. The monoisotopic (exact) mass is 409 g/mol. The van der Waals surface area contributed by atoms with Gasteiger partial charge >= 0.3 is 0 Å². The van der Waals surface area contributed by atoms with E-state index in [1.807, 2.05) is 37.0 Å². The zero-order valence-corrected chi connectivity index (χ0v) is 18.2. The maximum atomic E-state index is 5.29. The first-order valence-corrected chi connectivity index (χ1v) is 11.0. The molecule has 2 aromatic heterocycles. The van der Waals surface area contributed by atoms with Crippen molar-refractivity contribution < 1.29 is 4.74 Å². The Kier molecular flexibility index (Phi) is 5.61. The quantitative estimate of drug-likeness (QED) is 0.486. The summed E-state index contributed by atoms with van der Waals surface area (Å²) in [4.78, 5) is 8.75. The Labute approximate surface area is 176 Å². The summed E-state index contributed by atoms with van der Waals surface area (Å²) in [5.41, 5.74) is 4.90. The molecule has 2 heterocycles. The first-order valence-electron chi connectivity index (χ1n) is 9.78. The highest BCUT2D eigenvalue weighted by atomic mass is 32.2. The highest BCUT2D eigenvalue weighted by Gasteiger charge is 2.35. The van der Waals surface area contributed by atoms with Crippen LogP contribution in [-0.2, 0) is 13.0 Å². The van der Waals surface area contributed by atoms with E-state index >= 15 is 0 Å². The minimum atomic E-state index is 0.189. The summed E-state index contributed by atoms with van der Waals surface area (Å²) in [6, 6.07) is 8.32. The molecule has 0 spiro atoms. The third kappa shape index (κ3) is 4.31. The maximum Gasteiger partial charge on any atom is 0.187 e. The first kappa shape index (κ1) is 19.9. The van der Waals surface area contributed by atoms with E-state index in [4.69, 9.17) is 9.84 Å². The van der Waals surface area contributed by atoms with Crippen LogP contribution in [0, 0.1) is 5.41 Å². The van der Waals surface area contributed by atoms with E-state index in [0.29, 0.717) is 0 Å². The van der Waals surface area contributed by atoms with Crippen LogP contribution < -0.4 is 10.1 Å². The first-order chi connectivity index (χ1) is 14.0. The van der Waals surface area contributed by atoms with Gasteiger partial charge in [0.25, 0.3) is 0 Å². The molecule has 1 unspecified atom stereocenters. The van der Waals surface area contributed by atoms with Gasteiger partial charge in [-0.05, 0) is 48.8 Å². The van der Waals surface area contributed by atoms with Crippen molar-refractivity contribution >= 4 is 11.8 Å². The summed E-state index contributed by atoms with van der Waals surface area (Å²) in [6.45, 7) is 5.39. The molecule has 29 heavy (non-hydrogen) atoms. The number of ether oxygens (including phenoxy) is 1. The van der Waals surface area contributed by atoms with Gasteiger partial charge in [0.1, 0.15) is 5.75 Å². The van der Waals surface area contributed by atoms with Crippen LogP contribution in [0.1, 0.15) is 43.1 Å². The second-order valence-electron chi connectivity index (χ2n) is 8.21. The molecule has 0 aliphatic heterocycles. The predicted molar refractivity (Wildman–Crippen MR) is 116 cm³/mol. The molecular weight excluding hydrogens is 382 g/mol. The molecule has 1 aromatic carbocycles. The Hall–Kier alpha value is -2.38. The smallest absolute Gasteiger partial charge is 0.187 e. The van der Waals surface area contributed by atoms with E-state index in [1.54, 1.807) is 18.9 Å². The van der Waals surface area contributed by atoms with E-state index in [-0.39, 0.29) is 11.5 Å². The van der Waals surface area contributed by atoms with Gasteiger partial charge in [0.15, 0.2) is 5.16 Å². The zero-order chi connectivity index (χ0) is 20.4. The number of thioether (sulfide) groups is 1. The Morgan fingerprint density at radius 2 is 1.90 bits per heavy atom. The fraction of sp³-hybridized carbons (Fsp3) is 0.409. The standard InChI is InChI=1S/C22H27N5OS/c1-22(2)9-19(23-11-15-12-24-21(29-4)25-13-15)18-14-26-27(20(18)10-22)16-5-7-17(28-3)8-6-16/h5-8,12-14,19,23H,9-11H2,1-4H3. The van der Waals surface area contributed by atoms with E-state index in [2.05, 4.69) is 45.9 Å². The van der Waals surface area contributed by atoms with Gasteiger partial charge in [-0.15, -0.1) is 0 Å². The zero-order valence-electron chi connectivity index (χ0n) is 17.3. The molecular formula is C22H27N5OS. The molecule has 0 radical (unpaired) electrons. The van der Waals surface area contributed by atoms with Gasteiger partial charge in [0.2, 0.25) is 0 Å². The largest absolute Gasteiger partial charge is 0.497 e. The minimum Gasteiger partial charge on any atom is -0.497 e. The fourth-order valence-corrected chi connectivity index (χ4v) is 4.27. The highest BCUT2D eigenvalue weighted by Crippen LogP contribution is 2.41. The maximum absolute atomic E-state index is 5.29. The van der Waals surface area contributed by atoms with Crippen molar-refractivity contribution in [2.75, 3.05) is 13.4 Å². The molecule has 7 heteroatoms. The third-order valence-corrected chi connectivity index (χ3v) is 5.99. The summed E-state index contributed by atoms with van der Waals surface area (Å²) in [7, 11) is 1.68. The van der Waals surface area contributed by atoms with Crippen LogP contribution in [0.3, 0.4) is 0 Å². The van der Waals surface area contributed by atoms with Gasteiger partial charge in [-0.3, -0.25) is 0 Å². The number of fused-ring (bicyclic) bond motifs is 1. The Bertz CT molecular complexity index is 966. The molecule has 0 amide bonds. The number of nitrogens with zero attached hydrogens (tertiary/aromatic N) is 4. The van der Waals surface area contributed by atoms with Crippen LogP contribution in [0.15, 0.2) is 48.0 Å². The summed E-state index contributed by atoms with van der Waals surface area (Å²) < 4.78 is 7.36. The molecule has 1 atom stereocenters. The van der Waals surface area contributed by atoms with Gasteiger partial charge in [-0.2, -0.15) is 5.10 Å². The molecule has 152 valence electrons. The molecule has 0 bridgehead atoms. The summed E-state index contributed by atoms with van der Waals surface area (Å²) in [5, 5.41) is 9.24. The van der Waals surface area contributed by atoms with Crippen molar-refractivity contribution in [3.63, 3.8) is 0 Å². The average molecular weight is 410 g/mol. The molecule has 0 saturated carbocycles. The predicted octanol–water partition coefficient (Wildman–Crippen LogP) is 4.20. The van der Waals surface area contributed by atoms with Gasteiger partial charge < -0.3 is 10.1 Å². The number of methoxy groups -OCH3 is 1. The van der Waals surface area contributed by atoms with Gasteiger partial charge in [0, 0.05) is 41.8 Å². The number of nitrogens with one attached hydrogen (secondary N) is 1. The number of hydrogen-bond acceptors (Lipinski definition) is 6. The second-order valence-corrected chi connectivity index (χ2v) is 8.99. The SMILES string of the molecule is COc1ccc(-n2ncc3c2CC(C)(C)CC3NCc2cnc(SC)nc2)cc1. The Morgan fingerprint density at radius 3 is 2.55 bits per heavy atom. The van der Waals surface area contributed by atoms with E-state index in [0.717, 1.165) is 41.5 Å². The van der Waals surface area contributed by atoms with Crippen LogP contribution in [0.2, 0.25) is 0 Å². The Morgan fingerprint density at radius 1 is 1.17 bits per heavy atom. The molecule has 0 saturated heterocycles. The van der Waals surface area contributed by atoms with Crippen molar-refractivity contribution in [1.82, 2.24) is 25.1 Å². The van der Waals surface area contributed by atoms with Crippen LogP contribution in [-0.4, -0.2) is 33.1 Å². The van der Waals surface area contributed by atoms with E-state index in [1.165, 1.54) is 11.3 Å². The molecule has 1 aliphatic carbocycles. The third-order valence-electron chi connectivity index (χ3n) is 5.41. The lowest BCUT2D eigenvalue weighted by molar-refractivity contribution is 0.252. The van der Waals surface area contributed by atoms with Crippen LogP contribution >= 0.6 is 11.8 Å². The van der Waals surface area contributed by atoms with Crippen molar-refractivity contribution in [3.8, 4) is 11.4 Å². The van der Waals surface area contributed by atoms with Gasteiger partial charge in [0.05, 0.1) is 19.0 Å². The summed E-state index contributed by atoms with van der Waals surface area (Å²) >= 11 is 1.56. The lowest BCUT2D eigenvalue weighted by Crippen LogP contribution is -2.33. The van der Waals surface area contributed by atoms with Crippen LogP contribution in [0.25, 0.3) is 5.69 Å². The molecule has 1 N–H and O–H groups in total. The number of benzene rings is 1. The summed E-state index contributed by atoms with van der Waals surface area (Å²) in [5.74, 6) is 0.851. The van der Waals surface area contributed by atoms with Crippen molar-refractivity contribution in [3.05, 3.63) is 59.7 Å². The lowest BCUT2D eigenvalue weighted by Gasteiger charge is -2.36. The fourth-order valence-electron chi connectivity index (χ4n) is 3.95. The highest BCUT2D eigenvalue weighted by molar-refractivity contribution is 7.98. The van der Waals surface area contributed by atoms with E-state index in [9.17, 15) is 0 Å². The van der Waals surface area contributed by atoms with Crippen molar-refractivity contribution in [2.45, 2.75) is 44.4 Å². The second kappa shape index (κ2) is 8.16. The van der Waals surface area contributed by atoms with Gasteiger partial charge in [-0.1, -0.05) is 25.6 Å². The van der Waals surface area contributed by atoms with Gasteiger partial charge in [-0.25, -0.2) is 14.6 Å². The number of rotatable bonds is 6. The van der Waals surface area contributed by atoms with Crippen molar-refractivity contribution in [1.29, 1.82) is 0 Å². The topological polar surface area (TPSA) is 64.9 Å². The number of aromatic nitrogens is 4. The normalized spacial score (nSPS) is 17.7. The molecule has 6 nitrogen and oxygen atoms in total.